The van der Waals surface area contributed by atoms with Crippen LogP contribution in [0.3, 0.4) is 0 Å². The third-order valence-electron chi connectivity index (χ3n) is 3.64. The number of halogens is 2. The second-order valence-electron chi connectivity index (χ2n) is 5.39. The van der Waals surface area contributed by atoms with E-state index in [2.05, 4.69) is 4.74 Å². The SMILES string of the molecule is COC(=O)CN(c1ccc(F)c(Cl)c1)S(=O)(=O)c1cc([N+](=O)[O-])ccc1C. The van der Waals surface area contributed by atoms with Gasteiger partial charge in [0.05, 0.1) is 27.6 Å². The van der Waals surface area contributed by atoms with Gasteiger partial charge in [-0.1, -0.05) is 17.7 Å². The summed E-state index contributed by atoms with van der Waals surface area (Å²) in [6.45, 7) is 0.716. The fourth-order valence-electron chi connectivity index (χ4n) is 2.24. The van der Waals surface area contributed by atoms with Gasteiger partial charge in [-0.05, 0) is 30.7 Å². The fraction of sp³-hybridized carbons (Fsp3) is 0.188. The molecule has 0 atom stereocenters. The van der Waals surface area contributed by atoms with Gasteiger partial charge >= 0.3 is 5.97 Å². The monoisotopic (exact) mass is 416 g/mol. The summed E-state index contributed by atoms with van der Waals surface area (Å²) >= 11 is 5.72. The Balaban J connectivity index is 2.66. The van der Waals surface area contributed by atoms with Gasteiger partial charge in [0.2, 0.25) is 0 Å². The van der Waals surface area contributed by atoms with Crippen molar-refractivity contribution in [2.75, 3.05) is 18.0 Å². The first-order chi connectivity index (χ1) is 12.6. The summed E-state index contributed by atoms with van der Waals surface area (Å²) in [5.41, 5.74) is -0.310. The highest BCUT2D eigenvalue weighted by molar-refractivity contribution is 7.93. The standard InChI is InChI=1S/C16H14ClFN2O6S/c1-10-3-4-12(20(22)23)8-15(10)27(24,25)19(9-16(21)26-2)11-5-6-14(18)13(17)7-11/h3-8H,9H2,1-2H3. The normalized spacial score (nSPS) is 11.1. The van der Waals surface area contributed by atoms with Crippen LogP contribution in [0.2, 0.25) is 5.02 Å². The molecule has 2 rings (SSSR count). The molecule has 2 aromatic rings. The van der Waals surface area contributed by atoms with Gasteiger partial charge in [0.1, 0.15) is 12.4 Å². The number of nitrogens with zero attached hydrogens (tertiary/aromatic N) is 2. The second-order valence-corrected chi connectivity index (χ2v) is 7.63. The highest BCUT2D eigenvalue weighted by atomic mass is 35.5. The number of hydrogen-bond acceptors (Lipinski definition) is 6. The van der Waals surface area contributed by atoms with Crippen LogP contribution < -0.4 is 4.31 Å². The zero-order chi connectivity index (χ0) is 20.4. The summed E-state index contributed by atoms with van der Waals surface area (Å²) in [6, 6.07) is 6.42. The number of aryl methyl sites for hydroxylation is 1. The quantitative estimate of drug-likeness (QED) is 0.407. The van der Waals surface area contributed by atoms with Gasteiger partial charge in [0.15, 0.2) is 0 Å². The van der Waals surface area contributed by atoms with Crippen molar-refractivity contribution in [3.8, 4) is 0 Å². The molecule has 27 heavy (non-hydrogen) atoms. The lowest BCUT2D eigenvalue weighted by molar-refractivity contribution is -0.385. The van der Waals surface area contributed by atoms with Gasteiger partial charge in [0, 0.05) is 12.1 Å². The number of esters is 1. The molecule has 8 nitrogen and oxygen atoms in total. The first kappa shape index (κ1) is 20.6. The number of hydrogen-bond donors (Lipinski definition) is 0. The maximum atomic E-state index is 13.4. The number of sulfonamides is 1. The molecule has 11 heteroatoms. The van der Waals surface area contributed by atoms with Gasteiger partial charge in [0.25, 0.3) is 15.7 Å². The molecule has 0 aromatic heterocycles. The molecule has 2 aromatic carbocycles. The number of anilines is 1. The topological polar surface area (TPSA) is 107 Å². The Kier molecular flexibility index (Phi) is 6.01. The lowest BCUT2D eigenvalue weighted by atomic mass is 10.2. The van der Waals surface area contributed by atoms with Crippen molar-refractivity contribution in [1.82, 2.24) is 0 Å². The molecule has 0 saturated heterocycles. The average Bonchev–Trinajstić information content (AvgIpc) is 2.61. The average molecular weight is 417 g/mol. The predicted molar refractivity (Wildman–Crippen MR) is 95.8 cm³/mol. The van der Waals surface area contributed by atoms with Crippen LogP contribution in [0, 0.1) is 22.9 Å². The van der Waals surface area contributed by atoms with Gasteiger partial charge in [-0.3, -0.25) is 19.2 Å². The maximum Gasteiger partial charge on any atom is 0.326 e. The van der Waals surface area contributed by atoms with Crippen LogP contribution in [-0.2, 0) is 19.6 Å². The summed E-state index contributed by atoms with van der Waals surface area (Å²) in [7, 11) is -3.36. The van der Waals surface area contributed by atoms with Crippen LogP contribution in [0.1, 0.15) is 5.56 Å². The molecule has 0 aliphatic heterocycles. The van der Waals surface area contributed by atoms with Crippen molar-refractivity contribution in [1.29, 1.82) is 0 Å². The van der Waals surface area contributed by atoms with E-state index in [0.717, 1.165) is 37.4 Å². The molecule has 0 bridgehead atoms. The minimum atomic E-state index is -4.43. The second kappa shape index (κ2) is 7.89. The smallest absolute Gasteiger partial charge is 0.326 e. The van der Waals surface area contributed by atoms with Crippen LogP contribution >= 0.6 is 11.6 Å². The van der Waals surface area contributed by atoms with E-state index in [4.69, 9.17) is 11.6 Å². The molecule has 0 spiro atoms. The molecule has 0 heterocycles. The fourth-order valence-corrected chi connectivity index (χ4v) is 4.06. The van der Waals surface area contributed by atoms with Crippen LogP contribution in [0.25, 0.3) is 0 Å². The van der Waals surface area contributed by atoms with Crippen LogP contribution in [0.15, 0.2) is 41.3 Å². The largest absolute Gasteiger partial charge is 0.468 e. The summed E-state index contributed by atoms with van der Waals surface area (Å²) < 4.78 is 44.9. The number of carbonyl (C=O) groups excluding carboxylic acids is 1. The van der Waals surface area contributed by atoms with Crippen molar-refractivity contribution in [3.63, 3.8) is 0 Å². The van der Waals surface area contributed by atoms with E-state index >= 15 is 0 Å². The lowest BCUT2D eigenvalue weighted by Gasteiger charge is -2.24. The zero-order valence-electron chi connectivity index (χ0n) is 14.2. The summed E-state index contributed by atoms with van der Waals surface area (Å²) in [6.07, 6.45) is 0. The minimum absolute atomic E-state index is 0.0993. The molecule has 0 fully saturated rings. The number of ether oxygens (including phenoxy) is 1. The van der Waals surface area contributed by atoms with Crippen molar-refractivity contribution >= 4 is 39.0 Å². The Bertz CT molecular complexity index is 1010. The van der Waals surface area contributed by atoms with E-state index in [9.17, 15) is 27.7 Å². The van der Waals surface area contributed by atoms with Gasteiger partial charge in [-0.2, -0.15) is 0 Å². The number of benzene rings is 2. The van der Waals surface area contributed by atoms with Gasteiger partial charge in [-0.15, -0.1) is 0 Å². The molecule has 0 aliphatic carbocycles. The molecule has 0 N–H and O–H groups in total. The third kappa shape index (κ3) is 4.34. The number of nitro benzene ring substituents is 1. The maximum absolute atomic E-state index is 13.4. The third-order valence-corrected chi connectivity index (χ3v) is 5.85. The Hall–Kier alpha value is -2.72. The summed E-state index contributed by atoms with van der Waals surface area (Å²) in [5, 5.41) is 10.6. The molecule has 0 aliphatic rings. The molecule has 0 unspecified atom stereocenters. The summed E-state index contributed by atoms with van der Waals surface area (Å²) in [5.74, 6) is -1.66. The van der Waals surface area contributed by atoms with Crippen LogP contribution in [0.4, 0.5) is 15.8 Å². The molecular formula is C16H14ClFN2O6S. The van der Waals surface area contributed by atoms with Gasteiger partial charge < -0.3 is 4.74 Å². The van der Waals surface area contributed by atoms with E-state index in [0.29, 0.717) is 4.31 Å². The van der Waals surface area contributed by atoms with Crippen molar-refractivity contribution in [2.24, 2.45) is 0 Å². The first-order valence-corrected chi connectivity index (χ1v) is 9.19. The molecule has 144 valence electrons. The number of non-ortho nitro benzene ring substituents is 1. The zero-order valence-corrected chi connectivity index (χ0v) is 15.8. The van der Waals surface area contributed by atoms with Crippen molar-refractivity contribution < 1.29 is 27.3 Å². The van der Waals surface area contributed by atoms with Gasteiger partial charge in [-0.25, -0.2) is 12.8 Å². The van der Waals surface area contributed by atoms with Crippen molar-refractivity contribution in [3.05, 3.63) is 62.9 Å². The van der Waals surface area contributed by atoms with Crippen LogP contribution in [0.5, 0.6) is 0 Å². The molecule has 0 saturated carbocycles. The number of carbonyl (C=O) groups is 1. The van der Waals surface area contributed by atoms with E-state index in [-0.39, 0.29) is 21.2 Å². The van der Waals surface area contributed by atoms with E-state index in [1.54, 1.807) is 0 Å². The predicted octanol–water partition coefficient (Wildman–Crippen LogP) is 3.06. The Morgan fingerprint density at radius 3 is 2.52 bits per heavy atom. The number of nitro groups is 1. The Labute approximate surface area is 159 Å². The highest BCUT2D eigenvalue weighted by Crippen LogP contribution is 2.30. The number of methoxy groups -OCH3 is 1. The lowest BCUT2D eigenvalue weighted by Crippen LogP contribution is -2.36. The summed E-state index contributed by atoms with van der Waals surface area (Å²) in [4.78, 5) is 21.6. The molecular weight excluding hydrogens is 403 g/mol. The minimum Gasteiger partial charge on any atom is -0.468 e. The highest BCUT2D eigenvalue weighted by Gasteiger charge is 2.30. The van der Waals surface area contributed by atoms with E-state index in [1.165, 1.54) is 13.0 Å². The first-order valence-electron chi connectivity index (χ1n) is 7.37. The van der Waals surface area contributed by atoms with E-state index < -0.39 is 39.0 Å². The Morgan fingerprint density at radius 1 is 1.30 bits per heavy atom. The van der Waals surface area contributed by atoms with Crippen molar-refractivity contribution in [2.45, 2.75) is 11.8 Å². The number of rotatable bonds is 6. The molecule has 0 radical (unpaired) electrons. The Morgan fingerprint density at radius 2 is 1.96 bits per heavy atom. The van der Waals surface area contributed by atoms with Crippen LogP contribution in [-0.4, -0.2) is 33.0 Å². The van der Waals surface area contributed by atoms with E-state index in [1.807, 2.05) is 0 Å². The molecule has 0 amide bonds.